The lowest BCUT2D eigenvalue weighted by atomic mass is 9.86. The Morgan fingerprint density at radius 1 is 1.18 bits per heavy atom. The molecule has 1 atom stereocenters. The van der Waals surface area contributed by atoms with Gasteiger partial charge in [0.15, 0.2) is 5.82 Å². The molecule has 0 amide bonds. The first-order valence-electron chi connectivity index (χ1n) is 8.07. The van der Waals surface area contributed by atoms with E-state index < -0.39 is 0 Å². The lowest BCUT2D eigenvalue weighted by molar-refractivity contribution is 0.252. The van der Waals surface area contributed by atoms with Gasteiger partial charge in [-0.15, -0.1) is 0 Å². The Labute approximate surface area is 129 Å². The van der Waals surface area contributed by atoms with Gasteiger partial charge in [0.25, 0.3) is 5.56 Å². The van der Waals surface area contributed by atoms with Crippen molar-refractivity contribution in [3.63, 3.8) is 0 Å². The van der Waals surface area contributed by atoms with Crippen molar-refractivity contribution in [2.75, 3.05) is 5.32 Å². The second kappa shape index (κ2) is 5.23. The summed E-state index contributed by atoms with van der Waals surface area (Å²) in [5.41, 5.74) is 2.24. The minimum absolute atomic E-state index is 0.0944. The topological polar surface area (TPSA) is 59.8 Å². The molecular weight excluding hydrogens is 276 g/mol. The van der Waals surface area contributed by atoms with Crippen LogP contribution in [0.3, 0.4) is 0 Å². The van der Waals surface area contributed by atoms with Gasteiger partial charge in [0, 0.05) is 11.3 Å². The Morgan fingerprint density at radius 3 is 2.77 bits per heavy atom. The maximum atomic E-state index is 12.0. The molecule has 0 saturated heterocycles. The average Bonchev–Trinajstić information content (AvgIpc) is 2.56. The van der Waals surface area contributed by atoms with E-state index in [9.17, 15) is 4.79 Å². The van der Waals surface area contributed by atoms with E-state index in [1.54, 1.807) is 6.92 Å². The number of aryl methyl sites for hydroxylation is 1. The Balaban J connectivity index is 1.87. The fourth-order valence-corrected chi connectivity index (χ4v) is 3.65. The Morgan fingerprint density at radius 2 is 1.95 bits per heavy atom. The lowest BCUT2D eigenvalue weighted by Crippen LogP contribution is -2.36. The van der Waals surface area contributed by atoms with Crippen molar-refractivity contribution in [3.05, 3.63) is 40.3 Å². The van der Waals surface area contributed by atoms with Crippen LogP contribution in [0.5, 0.6) is 0 Å². The van der Waals surface area contributed by atoms with E-state index in [1.165, 1.54) is 32.1 Å². The molecule has 0 spiro atoms. The van der Waals surface area contributed by atoms with Crippen molar-refractivity contribution in [1.82, 2.24) is 14.8 Å². The minimum Gasteiger partial charge on any atom is -0.363 e. The Hall–Kier alpha value is -2.17. The van der Waals surface area contributed by atoms with E-state index >= 15 is 0 Å². The van der Waals surface area contributed by atoms with Crippen molar-refractivity contribution >= 4 is 5.69 Å². The van der Waals surface area contributed by atoms with E-state index in [4.69, 9.17) is 0 Å². The van der Waals surface area contributed by atoms with Gasteiger partial charge in [-0.05, 0) is 37.8 Å². The van der Waals surface area contributed by atoms with Crippen LogP contribution in [0.2, 0.25) is 0 Å². The van der Waals surface area contributed by atoms with Crippen LogP contribution in [0.15, 0.2) is 29.1 Å². The highest BCUT2D eigenvalue weighted by atomic mass is 16.1. The van der Waals surface area contributed by atoms with E-state index in [0.29, 0.717) is 17.4 Å². The van der Waals surface area contributed by atoms with E-state index in [0.717, 1.165) is 11.3 Å². The molecule has 1 fully saturated rings. The summed E-state index contributed by atoms with van der Waals surface area (Å²) >= 11 is 0. The minimum atomic E-state index is -0.231. The normalized spacial score (nSPS) is 20.9. The van der Waals surface area contributed by atoms with Gasteiger partial charge in [-0.25, -0.2) is 4.68 Å². The van der Waals surface area contributed by atoms with Gasteiger partial charge in [0.05, 0.1) is 0 Å². The molecule has 114 valence electrons. The van der Waals surface area contributed by atoms with Gasteiger partial charge < -0.3 is 5.32 Å². The summed E-state index contributed by atoms with van der Waals surface area (Å²) in [5.74, 6) is 1.23. The van der Waals surface area contributed by atoms with Crippen LogP contribution in [0, 0.1) is 12.8 Å². The summed E-state index contributed by atoms with van der Waals surface area (Å²) in [6.07, 6.45) is 6.36. The average molecular weight is 296 g/mol. The zero-order chi connectivity index (χ0) is 15.1. The molecule has 22 heavy (non-hydrogen) atoms. The summed E-state index contributed by atoms with van der Waals surface area (Å²) in [6, 6.07) is 8.03. The highest BCUT2D eigenvalue weighted by Crippen LogP contribution is 2.40. The van der Waals surface area contributed by atoms with Crippen LogP contribution >= 0.6 is 0 Å². The number of nitrogens with one attached hydrogen (secondary N) is 1. The largest absolute Gasteiger partial charge is 0.363 e. The Bertz CT molecular complexity index is 761. The van der Waals surface area contributed by atoms with Crippen LogP contribution in [0.25, 0.3) is 11.4 Å². The first kappa shape index (κ1) is 13.5. The van der Waals surface area contributed by atoms with Gasteiger partial charge in [-0.3, -0.25) is 4.79 Å². The number of nitrogens with zero attached hydrogens (tertiary/aromatic N) is 3. The number of aromatic nitrogens is 3. The number of para-hydroxylation sites is 1. The first-order valence-corrected chi connectivity index (χ1v) is 8.07. The monoisotopic (exact) mass is 296 g/mol. The molecule has 5 nitrogen and oxygen atoms in total. The second-order valence-electron chi connectivity index (χ2n) is 6.30. The molecule has 0 bridgehead atoms. The van der Waals surface area contributed by atoms with Crippen LogP contribution < -0.4 is 10.9 Å². The SMILES string of the molecule is Cc1nn2c(nc1=O)-c1ccccc1N[C@@H]2C1CCCCC1. The molecule has 1 saturated carbocycles. The molecule has 1 aliphatic heterocycles. The number of benzene rings is 1. The van der Waals surface area contributed by atoms with Gasteiger partial charge in [-0.2, -0.15) is 10.1 Å². The third-order valence-electron chi connectivity index (χ3n) is 4.82. The number of hydrogen-bond acceptors (Lipinski definition) is 4. The van der Waals surface area contributed by atoms with Gasteiger partial charge in [0.2, 0.25) is 0 Å². The fourth-order valence-electron chi connectivity index (χ4n) is 3.65. The van der Waals surface area contributed by atoms with Crippen molar-refractivity contribution in [1.29, 1.82) is 0 Å². The molecule has 5 heteroatoms. The summed E-state index contributed by atoms with van der Waals surface area (Å²) < 4.78 is 1.94. The van der Waals surface area contributed by atoms with Crippen molar-refractivity contribution in [2.45, 2.75) is 45.2 Å². The lowest BCUT2D eigenvalue weighted by Gasteiger charge is -2.36. The molecule has 1 N–H and O–H groups in total. The molecular formula is C17H20N4O. The van der Waals surface area contributed by atoms with Crippen LogP contribution in [0.4, 0.5) is 5.69 Å². The number of fused-ring (bicyclic) bond motifs is 3. The predicted octanol–water partition coefficient (Wildman–Crippen LogP) is 3.12. The van der Waals surface area contributed by atoms with Gasteiger partial charge in [0.1, 0.15) is 11.9 Å². The maximum absolute atomic E-state index is 12.0. The smallest absolute Gasteiger partial charge is 0.294 e. The van der Waals surface area contributed by atoms with Crippen LogP contribution in [-0.2, 0) is 0 Å². The second-order valence-corrected chi connectivity index (χ2v) is 6.30. The highest BCUT2D eigenvalue weighted by molar-refractivity contribution is 5.75. The van der Waals surface area contributed by atoms with E-state index in [2.05, 4.69) is 21.5 Å². The van der Waals surface area contributed by atoms with Crippen molar-refractivity contribution < 1.29 is 0 Å². The number of rotatable bonds is 1. The van der Waals surface area contributed by atoms with Gasteiger partial charge in [-0.1, -0.05) is 31.4 Å². The molecule has 2 heterocycles. The highest BCUT2D eigenvalue weighted by Gasteiger charge is 2.32. The summed E-state index contributed by atoms with van der Waals surface area (Å²) in [6.45, 7) is 1.74. The van der Waals surface area contributed by atoms with Crippen molar-refractivity contribution in [3.8, 4) is 11.4 Å². The third kappa shape index (κ3) is 2.12. The molecule has 1 aliphatic carbocycles. The summed E-state index contributed by atoms with van der Waals surface area (Å²) in [5, 5.41) is 8.18. The molecule has 0 unspecified atom stereocenters. The zero-order valence-electron chi connectivity index (χ0n) is 12.7. The molecule has 2 aromatic rings. The van der Waals surface area contributed by atoms with E-state index in [1.807, 2.05) is 22.9 Å². The molecule has 0 radical (unpaired) electrons. The molecule has 2 aliphatic rings. The Kier molecular flexibility index (Phi) is 3.21. The van der Waals surface area contributed by atoms with Crippen LogP contribution in [-0.4, -0.2) is 14.8 Å². The van der Waals surface area contributed by atoms with Crippen LogP contribution in [0.1, 0.15) is 44.0 Å². The number of anilines is 1. The van der Waals surface area contributed by atoms with Crippen molar-refractivity contribution in [2.24, 2.45) is 5.92 Å². The van der Waals surface area contributed by atoms with Gasteiger partial charge >= 0.3 is 0 Å². The fraction of sp³-hybridized carbons (Fsp3) is 0.471. The quantitative estimate of drug-likeness (QED) is 0.878. The predicted molar refractivity (Wildman–Crippen MR) is 85.7 cm³/mol. The van der Waals surface area contributed by atoms with E-state index in [-0.39, 0.29) is 11.7 Å². The molecule has 1 aromatic heterocycles. The molecule has 1 aromatic carbocycles. The molecule has 4 rings (SSSR count). The maximum Gasteiger partial charge on any atom is 0.294 e. The first-order chi connectivity index (χ1) is 10.7. The summed E-state index contributed by atoms with van der Waals surface area (Å²) in [4.78, 5) is 16.3. The zero-order valence-corrected chi connectivity index (χ0v) is 12.7. The summed E-state index contributed by atoms with van der Waals surface area (Å²) in [7, 11) is 0. The third-order valence-corrected chi connectivity index (χ3v) is 4.82. The number of hydrogen-bond donors (Lipinski definition) is 1. The standard InChI is InChI=1S/C17H20N4O/c1-11-17(22)19-16-13-9-5-6-10-14(13)18-15(21(16)20-11)12-7-3-2-4-8-12/h5-6,9-10,12,15,18H,2-4,7-8H2,1H3/t15-/m0/s1.